The third kappa shape index (κ3) is 3.64. The number of nitrogens with zero attached hydrogens (tertiary/aromatic N) is 2. The molecule has 20 heavy (non-hydrogen) atoms. The lowest BCUT2D eigenvalue weighted by Gasteiger charge is -2.17. The molecule has 0 aliphatic heterocycles. The lowest BCUT2D eigenvalue weighted by atomic mass is 9.88. The Bertz CT molecular complexity index is 554. The van der Waals surface area contributed by atoms with Crippen molar-refractivity contribution in [2.24, 2.45) is 10.2 Å². The molecule has 0 amide bonds. The maximum atomic E-state index is 4.38. The average Bonchev–Trinajstić information content (AvgIpc) is 2.48. The molecule has 0 aliphatic carbocycles. The summed E-state index contributed by atoms with van der Waals surface area (Å²) in [6, 6.07) is 20.9. The van der Waals surface area contributed by atoms with Crippen molar-refractivity contribution in [2.75, 3.05) is 0 Å². The van der Waals surface area contributed by atoms with Crippen LogP contribution in [0.15, 0.2) is 70.9 Å². The Kier molecular flexibility index (Phi) is 4.83. The van der Waals surface area contributed by atoms with Crippen molar-refractivity contribution in [2.45, 2.75) is 26.7 Å². The van der Waals surface area contributed by atoms with E-state index < -0.39 is 0 Å². The first kappa shape index (κ1) is 14.2. The Morgan fingerprint density at radius 3 is 1.55 bits per heavy atom. The van der Waals surface area contributed by atoms with Crippen LogP contribution >= 0.6 is 0 Å². The lowest BCUT2D eigenvalue weighted by Crippen LogP contribution is -2.10. The summed E-state index contributed by atoms with van der Waals surface area (Å²) in [4.78, 5) is 0. The van der Waals surface area contributed by atoms with Gasteiger partial charge in [-0.05, 0) is 31.9 Å². The summed E-state index contributed by atoms with van der Waals surface area (Å²) in [5.41, 5.74) is 4.45. The Labute approximate surface area is 120 Å². The number of hydrogen-bond acceptors (Lipinski definition) is 2. The fraction of sp³-hybridized carbons (Fsp3) is 0.222. The van der Waals surface area contributed by atoms with Crippen LogP contribution in [0.25, 0.3) is 0 Å². The topological polar surface area (TPSA) is 24.7 Å². The minimum atomic E-state index is 0.153. The quantitative estimate of drug-likeness (QED) is 0.566. The second-order valence-corrected chi connectivity index (χ2v) is 5.04. The van der Waals surface area contributed by atoms with Crippen molar-refractivity contribution in [3.05, 3.63) is 71.8 Å². The van der Waals surface area contributed by atoms with E-state index in [9.17, 15) is 0 Å². The summed E-state index contributed by atoms with van der Waals surface area (Å²) >= 11 is 0. The van der Waals surface area contributed by atoms with Crippen LogP contribution in [0.3, 0.4) is 0 Å². The molecule has 2 heteroatoms. The molecule has 0 atom stereocenters. The van der Waals surface area contributed by atoms with Crippen LogP contribution in [0.2, 0.25) is 0 Å². The zero-order chi connectivity index (χ0) is 14.4. The molecule has 0 radical (unpaired) electrons. The third-order valence-corrected chi connectivity index (χ3v) is 3.09. The van der Waals surface area contributed by atoms with E-state index in [1.165, 1.54) is 11.1 Å². The molecule has 2 aromatic rings. The van der Waals surface area contributed by atoms with Crippen LogP contribution in [0.5, 0.6) is 0 Å². The molecule has 0 aliphatic rings. The van der Waals surface area contributed by atoms with Gasteiger partial charge in [-0.2, -0.15) is 10.2 Å². The predicted molar refractivity (Wildman–Crippen MR) is 86.6 cm³/mol. The number of hydrogen-bond donors (Lipinski definition) is 0. The van der Waals surface area contributed by atoms with E-state index in [0.29, 0.717) is 0 Å². The Morgan fingerprint density at radius 2 is 1.15 bits per heavy atom. The molecule has 0 heterocycles. The first-order valence-electron chi connectivity index (χ1n) is 6.83. The molecular weight excluding hydrogens is 244 g/mol. The van der Waals surface area contributed by atoms with E-state index in [1.54, 1.807) is 0 Å². The first-order valence-corrected chi connectivity index (χ1v) is 6.83. The smallest absolute Gasteiger partial charge is 0.0493 e. The van der Waals surface area contributed by atoms with Gasteiger partial charge in [-0.25, -0.2) is 0 Å². The fourth-order valence-electron chi connectivity index (χ4n) is 2.20. The Hall–Kier alpha value is -2.22. The van der Waals surface area contributed by atoms with Crippen LogP contribution in [-0.4, -0.2) is 11.4 Å². The highest BCUT2D eigenvalue weighted by molar-refractivity contribution is 5.92. The van der Waals surface area contributed by atoms with Crippen LogP contribution in [0.1, 0.15) is 37.8 Å². The molecule has 102 valence electrons. The summed E-state index contributed by atoms with van der Waals surface area (Å²) in [6.45, 7) is 5.95. The standard InChI is InChI=1S/C18H20N2/c1-14(2)19-20-15(3)18(16-10-6-4-7-11-16)17-12-8-5-9-13-17/h4-13,18H,1-3H3/b20-15+. The van der Waals surface area contributed by atoms with Gasteiger partial charge in [0.25, 0.3) is 0 Å². The van der Waals surface area contributed by atoms with Crippen LogP contribution in [-0.2, 0) is 0 Å². The van der Waals surface area contributed by atoms with E-state index in [4.69, 9.17) is 0 Å². The van der Waals surface area contributed by atoms with Gasteiger partial charge in [-0.1, -0.05) is 60.7 Å². The van der Waals surface area contributed by atoms with Crippen molar-refractivity contribution in [1.82, 2.24) is 0 Å². The molecule has 0 saturated heterocycles. The second-order valence-electron chi connectivity index (χ2n) is 5.04. The Balaban J connectivity index is 2.46. The fourth-order valence-corrected chi connectivity index (χ4v) is 2.20. The zero-order valence-corrected chi connectivity index (χ0v) is 12.2. The van der Waals surface area contributed by atoms with Crippen molar-refractivity contribution >= 4 is 11.4 Å². The molecule has 0 aromatic heterocycles. The summed E-state index contributed by atoms with van der Waals surface area (Å²) in [6.07, 6.45) is 0. The minimum absolute atomic E-state index is 0.153. The van der Waals surface area contributed by atoms with E-state index in [-0.39, 0.29) is 5.92 Å². The summed E-state index contributed by atoms with van der Waals surface area (Å²) in [5.74, 6) is 0.153. The van der Waals surface area contributed by atoms with E-state index in [1.807, 2.05) is 32.9 Å². The van der Waals surface area contributed by atoms with Gasteiger partial charge in [0, 0.05) is 17.3 Å². The van der Waals surface area contributed by atoms with Gasteiger partial charge in [0.1, 0.15) is 0 Å². The molecule has 0 spiro atoms. The monoisotopic (exact) mass is 264 g/mol. The minimum Gasteiger partial charge on any atom is -0.161 e. The lowest BCUT2D eigenvalue weighted by molar-refractivity contribution is 1.04. The zero-order valence-electron chi connectivity index (χ0n) is 12.2. The van der Waals surface area contributed by atoms with Crippen LogP contribution in [0.4, 0.5) is 0 Å². The van der Waals surface area contributed by atoms with Crippen LogP contribution in [0, 0.1) is 0 Å². The normalized spacial score (nSPS) is 11.5. The van der Waals surface area contributed by atoms with Gasteiger partial charge in [0.15, 0.2) is 0 Å². The first-order chi connectivity index (χ1) is 9.68. The molecule has 2 nitrogen and oxygen atoms in total. The second kappa shape index (κ2) is 6.80. The van der Waals surface area contributed by atoms with Crippen molar-refractivity contribution < 1.29 is 0 Å². The molecular formula is C18H20N2. The summed E-state index contributed by atoms with van der Waals surface area (Å²) < 4.78 is 0. The molecule has 2 rings (SSSR count). The Morgan fingerprint density at radius 1 is 0.700 bits per heavy atom. The molecule has 0 unspecified atom stereocenters. The van der Waals surface area contributed by atoms with Crippen LogP contribution < -0.4 is 0 Å². The number of rotatable bonds is 4. The molecule has 0 bridgehead atoms. The molecule has 0 saturated carbocycles. The van der Waals surface area contributed by atoms with Gasteiger partial charge in [-0.3, -0.25) is 0 Å². The highest BCUT2D eigenvalue weighted by Crippen LogP contribution is 2.26. The van der Waals surface area contributed by atoms with Gasteiger partial charge in [-0.15, -0.1) is 0 Å². The number of benzene rings is 2. The summed E-state index contributed by atoms with van der Waals surface area (Å²) in [5, 5.41) is 8.58. The van der Waals surface area contributed by atoms with Gasteiger partial charge in [0.2, 0.25) is 0 Å². The van der Waals surface area contributed by atoms with Gasteiger partial charge >= 0.3 is 0 Å². The largest absolute Gasteiger partial charge is 0.161 e. The van der Waals surface area contributed by atoms with Crippen molar-refractivity contribution in [3.63, 3.8) is 0 Å². The predicted octanol–water partition coefficient (Wildman–Crippen LogP) is 4.68. The van der Waals surface area contributed by atoms with E-state index >= 15 is 0 Å². The van der Waals surface area contributed by atoms with E-state index in [0.717, 1.165) is 11.4 Å². The maximum Gasteiger partial charge on any atom is 0.0493 e. The molecule has 0 N–H and O–H groups in total. The highest BCUT2D eigenvalue weighted by atomic mass is 15.2. The van der Waals surface area contributed by atoms with E-state index in [2.05, 4.69) is 58.7 Å². The maximum absolute atomic E-state index is 4.38. The van der Waals surface area contributed by atoms with Gasteiger partial charge < -0.3 is 0 Å². The van der Waals surface area contributed by atoms with Gasteiger partial charge in [0.05, 0.1) is 0 Å². The highest BCUT2D eigenvalue weighted by Gasteiger charge is 2.17. The SMILES string of the molecule is CC(C)=N/N=C(\C)C(c1ccccc1)c1ccccc1. The van der Waals surface area contributed by atoms with Crippen molar-refractivity contribution in [3.8, 4) is 0 Å². The third-order valence-electron chi connectivity index (χ3n) is 3.09. The molecule has 2 aromatic carbocycles. The molecule has 0 fully saturated rings. The average molecular weight is 264 g/mol. The summed E-state index contributed by atoms with van der Waals surface area (Å²) in [7, 11) is 0. The van der Waals surface area contributed by atoms with Crippen molar-refractivity contribution in [1.29, 1.82) is 0 Å².